The molecule has 2 aromatic heterocycles. The normalized spacial score (nSPS) is 12.6. The fourth-order valence-corrected chi connectivity index (χ4v) is 7.15. The Morgan fingerprint density at radius 2 is 1.28 bits per heavy atom. The molecule has 0 saturated carbocycles. The third-order valence-electron chi connectivity index (χ3n) is 9.19. The van der Waals surface area contributed by atoms with E-state index < -0.39 is 0 Å². The highest BCUT2D eigenvalue weighted by Gasteiger charge is 2.35. The molecule has 0 N–H and O–H groups in total. The number of benzene rings is 7. The van der Waals surface area contributed by atoms with E-state index in [0.717, 1.165) is 93.7 Å². The molecular formula is C40H24BN3O2. The van der Waals surface area contributed by atoms with Crippen LogP contribution in [0, 0.1) is 0 Å². The van der Waals surface area contributed by atoms with E-state index in [1.807, 2.05) is 30.3 Å². The summed E-state index contributed by atoms with van der Waals surface area (Å²) in [6, 6.07) is 45.9. The lowest BCUT2D eigenvalue weighted by Crippen LogP contribution is -2.28. The van der Waals surface area contributed by atoms with Crippen LogP contribution in [-0.4, -0.2) is 17.8 Å². The Balaban J connectivity index is 1.39. The molecule has 0 fully saturated rings. The van der Waals surface area contributed by atoms with Crippen molar-refractivity contribution in [2.75, 3.05) is 5.06 Å². The number of furan rings is 1. The van der Waals surface area contributed by atoms with Gasteiger partial charge in [-0.1, -0.05) is 127 Å². The summed E-state index contributed by atoms with van der Waals surface area (Å²) in [5.74, 6) is 1.18. The van der Waals surface area contributed by atoms with Crippen LogP contribution in [0.2, 0.25) is 0 Å². The van der Waals surface area contributed by atoms with Crippen molar-refractivity contribution in [2.24, 2.45) is 0 Å². The maximum atomic E-state index is 6.93. The number of para-hydroxylation sites is 2. The van der Waals surface area contributed by atoms with Crippen molar-refractivity contribution in [3.05, 3.63) is 133 Å². The zero-order valence-corrected chi connectivity index (χ0v) is 24.9. The van der Waals surface area contributed by atoms with Crippen LogP contribution in [0.5, 0.6) is 5.75 Å². The Morgan fingerprint density at radius 1 is 0.565 bits per heavy atom. The number of aromatic nitrogens is 2. The Labute approximate surface area is 264 Å². The van der Waals surface area contributed by atoms with Gasteiger partial charge in [-0.05, 0) is 33.7 Å². The first-order valence-corrected chi connectivity index (χ1v) is 15.4. The summed E-state index contributed by atoms with van der Waals surface area (Å²) in [6.07, 6.45) is 0. The van der Waals surface area contributed by atoms with Gasteiger partial charge in [-0.15, -0.1) is 5.06 Å². The standard InChI is InChI=1S/C40H24BN3O2/c41-30-19-10-18-29-36(24-12-2-1-3-13-24)42-40(43-37(29)30)44-38-35(34-25-14-5-4-11-23(25)21-22-32(34)46-44)27-16-7-6-15-26(27)33-28-17-8-9-20-31(28)45-39(33)38/h1-22H,41H2. The molecule has 7 aromatic carbocycles. The Bertz CT molecular complexity index is 2700. The molecule has 46 heavy (non-hydrogen) atoms. The quantitative estimate of drug-likeness (QED) is 0.189. The number of rotatable bonds is 2. The summed E-state index contributed by atoms with van der Waals surface area (Å²) in [7, 11) is 2.09. The van der Waals surface area contributed by atoms with Crippen LogP contribution in [0.4, 0.5) is 11.6 Å². The third kappa shape index (κ3) is 3.47. The molecule has 214 valence electrons. The molecule has 0 saturated heterocycles. The molecule has 0 radical (unpaired) electrons. The molecule has 0 amide bonds. The van der Waals surface area contributed by atoms with Gasteiger partial charge in [-0.3, -0.25) is 0 Å². The van der Waals surface area contributed by atoms with Crippen LogP contribution in [0.25, 0.3) is 76.8 Å². The van der Waals surface area contributed by atoms with Crippen molar-refractivity contribution in [3.63, 3.8) is 0 Å². The van der Waals surface area contributed by atoms with Crippen molar-refractivity contribution in [3.8, 4) is 28.1 Å². The molecule has 0 bridgehead atoms. The predicted molar refractivity (Wildman–Crippen MR) is 190 cm³/mol. The molecule has 5 nitrogen and oxygen atoms in total. The minimum atomic E-state index is 0.442. The molecular weight excluding hydrogens is 565 g/mol. The molecule has 0 spiro atoms. The molecule has 3 heterocycles. The lowest BCUT2D eigenvalue weighted by atomic mass is 9.89. The maximum Gasteiger partial charge on any atom is 0.265 e. The minimum absolute atomic E-state index is 0.442. The van der Waals surface area contributed by atoms with Crippen LogP contribution in [0.1, 0.15) is 0 Å². The Morgan fingerprint density at radius 3 is 2.15 bits per heavy atom. The largest absolute Gasteiger partial charge is 0.454 e. The van der Waals surface area contributed by atoms with Gasteiger partial charge in [0.1, 0.15) is 19.1 Å². The van der Waals surface area contributed by atoms with Crippen LogP contribution in [0.3, 0.4) is 0 Å². The lowest BCUT2D eigenvalue weighted by Gasteiger charge is -2.32. The van der Waals surface area contributed by atoms with Crippen LogP contribution >= 0.6 is 0 Å². The van der Waals surface area contributed by atoms with Gasteiger partial charge in [0.05, 0.1) is 11.2 Å². The molecule has 0 aliphatic carbocycles. The van der Waals surface area contributed by atoms with Gasteiger partial charge < -0.3 is 9.25 Å². The van der Waals surface area contributed by atoms with E-state index in [1.54, 1.807) is 5.06 Å². The van der Waals surface area contributed by atoms with Crippen molar-refractivity contribution >= 4 is 79.3 Å². The van der Waals surface area contributed by atoms with Crippen molar-refractivity contribution in [1.29, 1.82) is 0 Å². The summed E-state index contributed by atoms with van der Waals surface area (Å²) < 4.78 is 6.79. The minimum Gasteiger partial charge on any atom is -0.454 e. The van der Waals surface area contributed by atoms with Gasteiger partial charge in [0.15, 0.2) is 11.3 Å². The number of anilines is 2. The highest BCUT2D eigenvalue weighted by Crippen LogP contribution is 2.55. The van der Waals surface area contributed by atoms with E-state index in [1.165, 1.54) is 0 Å². The zero-order valence-electron chi connectivity index (χ0n) is 24.9. The number of hydrogen-bond donors (Lipinski definition) is 0. The molecule has 1 aliphatic heterocycles. The monoisotopic (exact) mass is 589 g/mol. The second-order valence-corrected chi connectivity index (χ2v) is 11.8. The fourth-order valence-electron chi connectivity index (χ4n) is 7.15. The fraction of sp³-hybridized carbons (Fsp3) is 0. The second kappa shape index (κ2) is 9.43. The number of hydrogen-bond acceptors (Lipinski definition) is 5. The smallest absolute Gasteiger partial charge is 0.265 e. The summed E-state index contributed by atoms with van der Waals surface area (Å²) in [6.45, 7) is 0. The number of nitrogens with zero attached hydrogens (tertiary/aromatic N) is 3. The van der Waals surface area contributed by atoms with Gasteiger partial charge in [0, 0.05) is 32.8 Å². The average molecular weight is 589 g/mol. The highest BCUT2D eigenvalue weighted by molar-refractivity contribution is 6.38. The van der Waals surface area contributed by atoms with Gasteiger partial charge >= 0.3 is 0 Å². The van der Waals surface area contributed by atoms with E-state index in [4.69, 9.17) is 19.2 Å². The SMILES string of the molecule is Bc1cccc2c(-c3ccccc3)nc(N3Oc4ccc5ccccc5c4-c4c3c3oc5ccccc5c3c3ccccc43)nc12. The molecule has 0 unspecified atom stereocenters. The van der Waals surface area contributed by atoms with Crippen molar-refractivity contribution in [2.45, 2.75) is 0 Å². The maximum absolute atomic E-state index is 6.93. The molecule has 0 atom stereocenters. The highest BCUT2D eigenvalue weighted by atomic mass is 16.7. The van der Waals surface area contributed by atoms with E-state index in [-0.39, 0.29) is 0 Å². The average Bonchev–Trinajstić information content (AvgIpc) is 3.51. The summed E-state index contributed by atoms with van der Waals surface area (Å²) >= 11 is 0. The summed E-state index contributed by atoms with van der Waals surface area (Å²) in [4.78, 5) is 17.4. The second-order valence-electron chi connectivity index (χ2n) is 11.8. The van der Waals surface area contributed by atoms with Gasteiger partial charge in [0.25, 0.3) is 5.95 Å². The number of fused-ring (bicyclic) bond motifs is 13. The van der Waals surface area contributed by atoms with E-state index >= 15 is 0 Å². The Kier molecular flexibility index (Phi) is 5.17. The molecule has 6 heteroatoms. The van der Waals surface area contributed by atoms with E-state index in [2.05, 4.69) is 111 Å². The summed E-state index contributed by atoms with van der Waals surface area (Å²) in [5.41, 5.74) is 8.22. The topological polar surface area (TPSA) is 51.4 Å². The molecule has 9 aromatic rings. The first kappa shape index (κ1) is 25.2. The lowest BCUT2D eigenvalue weighted by molar-refractivity contribution is 0.315. The van der Waals surface area contributed by atoms with E-state index in [9.17, 15) is 0 Å². The molecule has 1 aliphatic rings. The zero-order chi connectivity index (χ0) is 30.4. The first-order valence-electron chi connectivity index (χ1n) is 15.4. The van der Waals surface area contributed by atoms with Crippen molar-refractivity contribution < 1.29 is 9.25 Å². The first-order chi connectivity index (χ1) is 22.7. The van der Waals surface area contributed by atoms with Gasteiger partial charge in [-0.2, -0.15) is 0 Å². The van der Waals surface area contributed by atoms with Crippen LogP contribution < -0.4 is 15.4 Å². The van der Waals surface area contributed by atoms with Crippen LogP contribution in [-0.2, 0) is 0 Å². The molecule has 10 rings (SSSR count). The van der Waals surface area contributed by atoms with Crippen LogP contribution in [0.15, 0.2) is 138 Å². The Hall–Kier alpha value is -6.14. The summed E-state index contributed by atoms with van der Waals surface area (Å²) in [5, 5.41) is 9.38. The van der Waals surface area contributed by atoms with Gasteiger partial charge in [0.2, 0.25) is 0 Å². The van der Waals surface area contributed by atoms with E-state index in [0.29, 0.717) is 5.95 Å². The van der Waals surface area contributed by atoms with Gasteiger partial charge in [-0.25, -0.2) is 9.97 Å². The third-order valence-corrected chi connectivity index (χ3v) is 9.19. The predicted octanol–water partition coefficient (Wildman–Crippen LogP) is 8.87. The van der Waals surface area contributed by atoms with Crippen molar-refractivity contribution in [1.82, 2.24) is 9.97 Å².